The van der Waals surface area contributed by atoms with E-state index in [1.807, 2.05) is 4.72 Å². The molecule has 0 rings (SSSR count). The second-order valence-corrected chi connectivity index (χ2v) is 4.68. The van der Waals surface area contributed by atoms with Gasteiger partial charge in [0.2, 0.25) is 0 Å². The summed E-state index contributed by atoms with van der Waals surface area (Å²) in [5, 5.41) is 0. The Morgan fingerprint density at radius 2 is 1.87 bits per heavy atom. The summed E-state index contributed by atoms with van der Waals surface area (Å²) < 4.78 is 60.1. The van der Waals surface area contributed by atoms with Gasteiger partial charge in [0.15, 0.2) is 0 Å². The highest BCUT2D eigenvalue weighted by molar-refractivity contribution is 7.87. The summed E-state index contributed by atoms with van der Waals surface area (Å²) in [7, 11) is -4.09. The average Bonchev–Trinajstić information content (AvgIpc) is 1.99. The largest absolute Gasteiger partial charge is 0.402 e. The Hall–Kier alpha value is -0.380. The molecule has 0 fully saturated rings. The van der Waals surface area contributed by atoms with E-state index in [0.717, 1.165) is 0 Å². The van der Waals surface area contributed by atoms with Crippen LogP contribution in [0.2, 0.25) is 0 Å². The summed E-state index contributed by atoms with van der Waals surface area (Å²) in [6, 6.07) is -0.213. The monoisotopic (exact) mass is 249 g/mol. The number of nitrogens with two attached hydrogens (primary N) is 1. The molecule has 0 radical (unpaired) electrons. The van der Waals surface area contributed by atoms with Crippen molar-refractivity contribution in [2.24, 2.45) is 5.73 Å². The van der Waals surface area contributed by atoms with Gasteiger partial charge in [0.05, 0.1) is 0 Å². The van der Waals surface area contributed by atoms with Crippen molar-refractivity contribution < 1.29 is 21.6 Å². The van der Waals surface area contributed by atoms with Gasteiger partial charge in [-0.3, -0.25) is 0 Å². The van der Waals surface area contributed by atoms with E-state index in [-0.39, 0.29) is 12.6 Å². The maximum absolute atomic E-state index is 11.7. The van der Waals surface area contributed by atoms with Gasteiger partial charge in [-0.2, -0.15) is 26.3 Å². The van der Waals surface area contributed by atoms with Gasteiger partial charge in [-0.15, -0.1) is 0 Å². The lowest BCUT2D eigenvalue weighted by Gasteiger charge is -2.10. The Morgan fingerprint density at radius 3 is 2.27 bits per heavy atom. The van der Waals surface area contributed by atoms with Crippen LogP contribution in [0.4, 0.5) is 13.2 Å². The summed E-state index contributed by atoms with van der Waals surface area (Å²) in [5.41, 5.74) is 5.33. The zero-order chi connectivity index (χ0) is 12.1. The molecule has 0 saturated heterocycles. The van der Waals surface area contributed by atoms with Crippen LogP contribution in [0.3, 0.4) is 0 Å². The second kappa shape index (κ2) is 5.64. The topological polar surface area (TPSA) is 84.2 Å². The maximum atomic E-state index is 11.7. The normalized spacial score (nSPS) is 15.3. The number of hydrogen-bond donors (Lipinski definition) is 3. The highest BCUT2D eigenvalue weighted by Gasteiger charge is 2.29. The molecule has 1 atom stereocenters. The van der Waals surface area contributed by atoms with E-state index in [4.69, 9.17) is 5.73 Å². The van der Waals surface area contributed by atoms with E-state index < -0.39 is 22.9 Å². The van der Waals surface area contributed by atoms with Crippen LogP contribution in [0.1, 0.15) is 13.3 Å². The van der Waals surface area contributed by atoms with Crippen LogP contribution < -0.4 is 15.2 Å². The molecule has 0 aliphatic heterocycles. The van der Waals surface area contributed by atoms with Crippen molar-refractivity contribution >= 4 is 10.2 Å². The number of rotatable bonds is 6. The number of nitrogens with one attached hydrogen (secondary N) is 2. The molecule has 1 unspecified atom stereocenters. The minimum Gasteiger partial charge on any atom is -0.328 e. The predicted octanol–water partition coefficient (Wildman–Crippen LogP) is -0.290. The zero-order valence-corrected chi connectivity index (χ0v) is 8.95. The zero-order valence-electron chi connectivity index (χ0n) is 8.13. The van der Waals surface area contributed by atoms with Gasteiger partial charge in [-0.25, -0.2) is 4.72 Å². The number of hydrogen-bond acceptors (Lipinski definition) is 3. The van der Waals surface area contributed by atoms with Crippen LogP contribution in [0.15, 0.2) is 0 Å². The van der Waals surface area contributed by atoms with Crippen molar-refractivity contribution in [1.82, 2.24) is 9.44 Å². The van der Waals surface area contributed by atoms with Crippen LogP contribution in [0, 0.1) is 0 Å². The summed E-state index contributed by atoms with van der Waals surface area (Å²) in [6.07, 6.45) is -4.21. The fraction of sp³-hybridized carbons (Fsp3) is 1.00. The van der Waals surface area contributed by atoms with Crippen molar-refractivity contribution in [3.05, 3.63) is 0 Å². The van der Waals surface area contributed by atoms with E-state index in [2.05, 4.69) is 0 Å². The van der Waals surface area contributed by atoms with Crippen LogP contribution >= 0.6 is 0 Å². The molecule has 0 aromatic carbocycles. The molecule has 0 amide bonds. The average molecular weight is 249 g/mol. The van der Waals surface area contributed by atoms with Crippen molar-refractivity contribution in [1.29, 1.82) is 0 Å². The first kappa shape index (κ1) is 14.6. The van der Waals surface area contributed by atoms with E-state index in [1.165, 1.54) is 4.72 Å². The smallest absolute Gasteiger partial charge is 0.328 e. The minimum absolute atomic E-state index is 0.00482. The standard InChI is InChI=1S/C6H14F3N3O2S/c1-5(10)2-3-11-15(13,14)12-4-6(7,8)9/h5,11-12H,2-4,10H2,1H3. The Bertz CT molecular complexity index is 276. The number of halogens is 3. The summed E-state index contributed by atoms with van der Waals surface area (Å²) in [5.74, 6) is 0. The first-order valence-electron chi connectivity index (χ1n) is 4.19. The molecule has 0 aliphatic rings. The minimum atomic E-state index is -4.56. The fourth-order valence-corrected chi connectivity index (χ4v) is 1.49. The van der Waals surface area contributed by atoms with E-state index >= 15 is 0 Å². The summed E-state index contributed by atoms with van der Waals surface area (Å²) in [6.45, 7) is 0.0861. The molecule has 9 heteroatoms. The SMILES string of the molecule is CC(N)CCNS(=O)(=O)NCC(F)(F)F. The molecule has 0 bridgehead atoms. The Kier molecular flexibility index (Phi) is 5.49. The lowest BCUT2D eigenvalue weighted by molar-refractivity contribution is -0.121. The van der Waals surface area contributed by atoms with E-state index in [1.54, 1.807) is 6.92 Å². The highest BCUT2D eigenvalue weighted by Crippen LogP contribution is 2.12. The molecule has 0 aromatic heterocycles. The molecule has 0 saturated carbocycles. The molecule has 4 N–H and O–H groups in total. The Balaban J connectivity index is 3.89. The van der Waals surface area contributed by atoms with E-state index in [9.17, 15) is 21.6 Å². The van der Waals surface area contributed by atoms with Crippen molar-refractivity contribution in [3.8, 4) is 0 Å². The highest BCUT2D eigenvalue weighted by atomic mass is 32.2. The molecule has 0 heterocycles. The van der Waals surface area contributed by atoms with Gasteiger partial charge in [-0.05, 0) is 13.3 Å². The third kappa shape index (κ3) is 9.91. The first-order chi connectivity index (χ1) is 6.62. The Labute approximate surface area is 86.4 Å². The van der Waals surface area contributed by atoms with Gasteiger partial charge in [-0.1, -0.05) is 0 Å². The predicted molar refractivity (Wildman–Crippen MR) is 49.2 cm³/mol. The molecule has 0 aliphatic carbocycles. The Morgan fingerprint density at radius 1 is 1.33 bits per heavy atom. The molecule has 0 spiro atoms. The second-order valence-electron chi connectivity index (χ2n) is 3.10. The summed E-state index contributed by atoms with van der Waals surface area (Å²) >= 11 is 0. The van der Waals surface area contributed by atoms with Crippen molar-refractivity contribution in [2.75, 3.05) is 13.1 Å². The lowest BCUT2D eigenvalue weighted by atomic mass is 10.3. The quantitative estimate of drug-likeness (QED) is 0.605. The lowest BCUT2D eigenvalue weighted by Crippen LogP contribution is -2.42. The maximum Gasteiger partial charge on any atom is 0.402 e. The summed E-state index contributed by atoms with van der Waals surface area (Å²) in [4.78, 5) is 0. The van der Waals surface area contributed by atoms with Gasteiger partial charge in [0, 0.05) is 12.6 Å². The molecular weight excluding hydrogens is 235 g/mol. The number of alkyl halides is 3. The van der Waals surface area contributed by atoms with Gasteiger partial charge in [0.1, 0.15) is 6.54 Å². The van der Waals surface area contributed by atoms with Gasteiger partial charge >= 0.3 is 6.18 Å². The van der Waals surface area contributed by atoms with Gasteiger partial charge < -0.3 is 5.73 Å². The third-order valence-corrected chi connectivity index (χ3v) is 2.46. The van der Waals surface area contributed by atoms with Crippen LogP contribution in [-0.2, 0) is 10.2 Å². The van der Waals surface area contributed by atoms with Crippen molar-refractivity contribution in [3.63, 3.8) is 0 Å². The van der Waals surface area contributed by atoms with Crippen LogP contribution in [0.25, 0.3) is 0 Å². The van der Waals surface area contributed by atoms with Crippen molar-refractivity contribution in [2.45, 2.75) is 25.6 Å². The van der Waals surface area contributed by atoms with E-state index in [0.29, 0.717) is 6.42 Å². The molecule has 92 valence electrons. The molecule has 0 aromatic rings. The first-order valence-corrected chi connectivity index (χ1v) is 5.67. The fourth-order valence-electron chi connectivity index (χ4n) is 0.649. The van der Waals surface area contributed by atoms with Crippen LogP contribution in [0.5, 0.6) is 0 Å². The molecule has 5 nitrogen and oxygen atoms in total. The van der Waals surface area contributed by atoms with Gasteiger partial charge in [0.25, 0.3) is 10.2 Å². The molecular formula is C6H14F3N3O2S. The third-order valence-electron chi connectivity index (χ3n) is 1.35. The van der Waals surface area contributed by atoms with Crippen LogP contribution in [-0.4, -0.2) is 33.7 Å². The molecule has 15 heavy (non-hydrogen) atoms.